The number of aromatic nitrogens is 1. The molecule has 3 aromatic carbocycles. The van der Waals surface area contributed by atoms with Crippen LogP contribution in [0.5, 0.6) is 11.5 Å². The number of pyridine rings is 1. The molecule has 0 spiro atoms. The minimum Gasteiger partial charge on any atom is -0.496 e. The van der Waals surface area contributed by atoms with E-state index in [1.54, 1.807) is 42.5 Å². The Balaban J connectivity index is 1.50. The van der Waals surface area contributed by atoms with Crippen molar-refractivity contribution in [1.29, 1.82) is 0 Å². The molecule has 2 N–H and O–H groups in total. The van der Waals surface area contributed by atoms with Crippen LogP contribution < -0.4 is 20.1 Å². The standard InChI is InChI=1S/C28H24ClN3O4S/c1-35-22-9-6-10-23(36-2)25(22)27(33)31-20-12-14-21(15-13-20)37-26(18-7-4-3-5-8-18)28(34)32-24-16-11-19(29)17-30-24/h3-17,26H,1-2H3,(H,31,33)(H,30,32,34). The topological polar surface area (TPSA) is 89.5 Å². The lowest BCUT2D eigenvalue weighted by atomic mass is 10.1. The molecular formula is C28H24ClN3O4S. The van der Waals surface area contributed by atoms with Crippen LogP contribution in [0.25, 0.3) is 0 Å². The molecular weight excluding hydrogens is 510 g/mol. The zero-order chi connectivity index (χ0) is 26.2. The number of nitrogens with zero attached hydrogens (tertiary/aromatic N) is 1. The van der Waals surface area contributed by atoms with E-state index in [1.165, 1.54) is 32.2 Å². The van der Waals surface area contributed by atoms with Gasteiger partial charge in [0.1, 0.15) is 28.1 Å². The number of halogens is 1. The smallest absolute Gasteiger partial charge is 0.263 e. The largest absolute Gasteiger partial charge is 0.496 e. The molecule has 0 bridgehead atoms. The normalized spacial score (nSPS) is 11.3. The number of methoxy groups -OCH3 is 2. The molecule has 0 aliphatic rings. The van der Waals surface area contributed by atoms with Crippen molar-refractivity contribution < 1.29 is 19.1 Å². The fraction of sp³-hybridized carbons (Fsp3) is 0.107. The molecule has 0 radical (unpaired) electrons. The molecule has 0 fully saturated rings. The van der Waals surface area contributed by atoms with Crippen LogP contribution in [-0.2, 0) is 4.79 Å². The number of ether oxygens (including phenoxy) is 2. The zero-order valence-electron chi connectivity index (χ0n) is 20.1. The van der Waals surface area contributed by atoms with Crippen LogP contribution >= 0.6 is 23.4 Å². The van der Waals surface area contributed by atoms with E-state index in [9.17, 15) is 9.59 Å². The minimum absolute atomic E-state index is 0.216. The van der Waals surface area contributed by atoms with Crippen LogP contribution in [0.1, 0.15) is 21.2 Å². The highest BCUT2D eigenvalue weighted by Gasteiger charge is 2.23. The Morgan fingerprint density at radius 2 is 1.51 bits per heavy atom. The maximum atomic E-state index is 13.2. The lowest BCUT2D eigenvalue weighted by molar-refractivity contribution is -0.115. The monoisotopic (exact) mass is 533 g/mol. The number of carbonyl (C=O) groups is 2. The zero-order valence-corrected chi connectivity index (χ0v) is 21.7. The molecule has 188 valence electrons. The summed E-state index contributed by atoms with van der Waals surface area (Å²) in [6.07, 6.45) is 1.48. The second-order valence-corrected chi connectivity index (χ2v) is 9.39. The van der Waals surface area contributed by atoms with E-state index in [0.29, 0.717) is 33.6 Å². The third kappa shape index (κ3) is 6.61. The Kier molecular flexibility index (Phi) is 8.66. The predicted molar refractivity (Wildman–Crippen MR) is 147 cm³/mol. The van der Waals surface area contributed by atoms with E-state index in [0.717, 1.165) is 10.5 Å². The molecule has 4 rings (SSSR count). The van der Waals surface area contributed by atoms with Gasteiger partial charge in [-0.3, -0.25) is 9.59 Å². The number of hydrogen-bond donors (Lipinski definition) is 2. The molecule has 0 saturated heterocycles. The van der Waals surface area contributed by atoms with E-state index < -0.39 is 5.25 Å². The van der Waals surface area contributed by atoms with Crippen molar-refractivity contribution in [2.75, 3.05) is 24.9 Å². The van der Waals surface area contributed by atoms with Gasteiger partial charge in [0.05, 0.1) is 19.2 Å². The maximum Gasteiger partial charge on any atom is 0.263 e. The molecule has 4 aromatic rings. The van der Waals surface area contributed by atoms with E-state index in [4.69, 9.17) is 21.1 Å². The fourth-order valence-corrected chi connectivity index (χ4v) is 4.70. The van der Waals surface area contributed by atoms with Crippen molar-refractivity contribution in [3.8, 4) is 11.5 Å². The van der Waals surface area contributed by atoms with Crippen LogP contribution in [0.15, 0.2) is 96.0 Å². The summed E-state index contributed by atoms with van der Waals surface area (Å²) in [6, 6.07) is 25.2. The van der Waals surface area contributed by atoms with Crippen molar-refractivity contribution in [1.82, 2.24) is 4.98 Å². The summed E-state index contributed by atoms with van der Waals surface area (Å²) in [5, 5.41) is 5.69. The van der Waals surface area contributed by atoms with Crippen LogP contribution in [0.2, 0.25) is 5.02 Å². The second-order valence-electron chi connectivity index (χ2n) is 7.78. The highest BCUT2D eigenvalue weighted by Crippen LogP contribution is 2.37. The number of anilines is 2. The van der Waals surface area contributed by atoms with Gasteiger partial charge in [-0.1, -0.05) is 48.0 Å². The van der Waals surface area contributed by atoms with Crippen molar-refractivity contribution in [2.45, 2.75) is 10.1 Å². The first-order chi connectivity index (χ1) is 18.0. The molecule has 1 aromatic heterocycles. The van der Waals surface area contributed by atoms with Gasteiger partial charge in [0.25, 0.3) is 5.91 Å². The summed E-state index contributed by atoms with van der Waals surface area (Å²) in [4.78, 5) is 31.2. The molecule has 37 heavy (non-hydrogen) atoms. The first-order valence-corrected chi connectivity index (χ1v) is 12.5. The molecule has 9 heteroatoms. The van der Waals surface area contributed by atoms with E-state index in [-0.39, 0.29) is 11.8 Å². The summed E-state index contributed by atoms with van der Waals surface area (Å²) >= 11 is 7.30. The van der Waals surface area contributed by atoms with Crippen LogP contribution in [0.3, 0.4) is 0 Å². The van der Waals surface area contributed by atoms with Crippen molar-refractivity contribution in [3.05, 3.63) is 107 Å². The average Bonchev–Trinajstić information content (AvgIpc) is 2.93. The molecule has 1 unspecified atom stereocenters. The van der Waals surface area contributed by atoms with Crippen molar-refractivity contribution in [2.24, 2.45) is 0 Å². The van der Waals surface area contributed by atoms with E-state index >= 15 is 0 Å². The van der Waals surface area contributed by atoms with E-state index in [1.807, 2.05) is 42.5 Å². The Bertz CT molecular complexity index is 1340. The number of rotatable bonds is 9. The molecule has 2 amide bonds. The van der Waals surface area contributed by atoms with Crippen molar-refractivity contribution >= 4 is 46.7 Å². The number of benzene rings is 3. The molecule has 0 aliphatic carbocycles. The van der Waals surface area contributed by atoms with Crippen LogP contribution in [0.4, 0.5) is 11.5 Å². The third-order valence-corrected chi connectivity index (χ3v) is 6.83. The van der Waals surface area contributed by atoms with E-state index in [2.05, 4.69) is 15.6 Å². The average molecular weight is 534 g/mol. The first-order valence-electron chi connectivity index (χ1n) is 11.2. The minimum atomic E-state index is -0.531. The Hall–Kier alpha value is -4.01. The Labute approximate surface area is 224 Å². The number of nitrogens with one attached hydrogen (secondary N) is 2. The Morgan fingerprint density at radius 1 is 0.838 bits per heavy atom. The number of carbonyl (C=O) groups excluding carboxylic acids is 2. The van der Waals surface area contributed by atoms with Gasteiger partial charge in [-0.25, -0.2) is 4.98 Å². The van der Waals surface area contributed by atoms with Gasteiger partial charge in [-0.2, -0.15) is 0 Å². The van der Waals surface area contributed by atoms with Crippen molar-refractivity contribution in [3.63, 3.8) is 0 Å². The fourth-order valence-electron chi connectivity index (χ4n) is 3.56. The van der Waals surface area contributed by atoms with Gasteiger partial charge in [-0.15, -0.1) is 11.8 Å². The second kappa shape index (κ2) is 12.3. The molecule has 0 aliphatic heterocycles. The summed E-state index contributed by atoms with van der Waals surface area (Å²) in [5.74, 6) is 0.672. The molecule has 7 nitrogen and oxygen atoms in total. The highest BCUT2D eigenvalue weighted by molar-refractivity contribution is 8.00. The number of thioether (sulfide) groups is 1. The van der Waals surface area contributed by atoms with Gasteiger partial charge in [-0.05, 0) is 54.1 Å². The first kappa shape index (κ1) is 26.1. The lowest BCUT2D eigenvalue weighted by Gasteiger charge is -2.17. The Morgan fingerprint density at radius 3 is 2.11 bits per heavy atom. The lowest BCUT2D eigenvalue weighted by Crippen LogP contribution is -2.19. The SMILES string of the molecule is COc1cccc(OC)c1C(=O)Nc1ccc(SC(C(=O)Nc2ccc(Cl)cn2)c2ccccc2)cc1. The third-order valence-electron chi connectivity index (χ3n) is 5.34. The molecule has 0 saturated carbocycles. The van der Waals surface area contributed by atoms with Gasteiger partial charge >= 0.3 is 0 Å². The summed E-state index contributed by atoms with van der Waals surface area (Å²) in [7, 11) is 3.00. The van der Waals surface area contributed by atoms with Crippen LogP contribution in [-0.4, -0.2) is 31.0 Å². The molecule has 1 atom stereocenters. The summed E-state index contributed by atoms with van der Waals surface area (Å²) < 4.78 is 10.7. The maximum absolute atomic E-state index is 13.2. The predicted octanol–water partition coefficient (Wildman–Crippen LogP) is 6.48. The highest BCUT2D eigenvalue weighted by atomic mass is 35.5. The summed E-state index contributed by atoms with van der Waals surface area (Å²) in [6.45, 7) is 0. The van der Waals surface area contributed by atoms with Crippen LogP contribution in [0, 0.1) is 0 Å². The quantitative estimate of drug-likeness (QED) is 0.239. The molecule has 1 heterocycles. The number of hydrogen-bond acceptors (Lipinski definition) is 6. The van der Waals surface area contributed by atoms with Gasteiger partial charge in [0, 0.05) is 16.8 Å². The van der Waals surface area contributed by atoms with Gasteiger partial charge in [0.2, 0.25) is 5.91 Å². The number of amides is 2. The van der Waals surface area contributed by atoms with Gasteiger partial charge in [0.15, 0.2) is 0 Å². The van der Waals surface area contributed by atoms with Gasteiger partial charge < -0.3 is 20.1 Å². The summed E-state index contributed by atoms with van der Waals surface area (Å²) in [5.41, 5.74) is 1.75.